The summed E-state index contributed by atoms with van der Waals surface area (Å²) in [5.41, 5.74) is 4.45. The number of carbonyl (C=O) groups is 1. The van der Waals surface area contributed by atoms with E-state index in [1.807, 2.05) is 23.1 Å². The highest BCUT2D eigenvalue weighted by Crippen LogP contribution is 2.32. The number of anilines is 1. The Hall–Kier alpha value is -2.49. The molecule has 2 aromatic carbocycles. The summed E-state index contributed by atoms with van der Waals surface area (Å²) in [5, 5.41) is 0. The number of nitrogens with zero attached hydrogens (tertiary/aromatic N) is 1. The molecule has 1 heterocycles. The summed E-state index contributed by atoms with van der Waals surface area (Å²) in [6, 6.07) is 11.9. The van der Waals surface area contributed by atoms with Crippen LogP contribution in [0.3, 0.4) is 0 Å². The van der Waals surface area contributed by atoms with Gasteiger partial charge >= 0.3 is 0 Å². The first-order valence-electron chi connectivity index (χ1n) is 8.24. The molecular weight excluding hydrogens is 302 g/mol. The monoisotopic (exact) mass is 325 g/mol. The van der Waals surface area contributed by atoms with Crippen LogP contribution in [0.4, 0.5) is 5.69 Å². The third kappa shape index (κ3) is 3.09. The summed E-state index contributed by atoms with van der Waals surface area (Å²) in [6.07, 6.45) is 2.40. The summed E-state index contributed by atoms with van der Waals surface area (Å²) in [7, 11) is 3.21. The van der Waals surface area contributed by atoms with E-state index < -0.39 is 0 Å². The van der Waals surface area contributed by atoms with E-state index in [-0.39, 0.29) is 5.91 Å². The van der Waals surface area contributed by atoms with Crippen molar-refractivity contribution >= 4 is 11.6 Å². The van der Waals surface area contributed by atoms with Gasteiger partial charge in [0, 0.05) is 12.2 Å². The molecule has 0 radical (unpaired) electrons. The predicted molar refractivity (Wildman–Crippen MR) is 95.1 cm³/mol. The molecule has 3 rings (SSSR count). The van der Waals surface area contributed by atoms with Crippen LogP contribution in [0.15, 0.2) is 36.4 Å². The Morgan fingerprint density at radius 2 is 1.92 bits per heavy atom. The lowest BCUT2D eigenvalue weighted by atomic mass is 9.97. The predicted octanol–water partition coefficient (Wildman–Crippen LogP) is 3.53. The minimum Gasteiger partial charge on any atom is -0.493 e. The molecule has 0 aliphatic carbocycles. The minimum absolute atomic E-state index is 0.123. The van der Waals surface area contributed by atoms with Crippen LogP contribution < -0.4 is 14.4 Å². The van der Waals surface area contributed by atoms with Gasteiger partial charge in [-0.3, -0.25) is 4.79 Å². The number of hydrogen-bond donors (Lipinski definition) is 0. The van der Waals surface area contributed by atoms with Crippen LogP contribution in [-0.4, -0.2) is 26.7 Å². The van der Waals surface area contributed by atoms with Crippen LogP contribution in [-0.2, 0) is 17.6 Å². The molecule has 0 bridgehead atoms. The maximum atomic E-state index is 12.9. The van der Waals surface area contributed by atoms with Gasteiger partial charge in [-0.05, 0) is 48.6 Å². The highest BCUT2D eigenvalue weighted by atomic mass is 16.5. The number of carbonyl (C=O) groups excluding carboxylic acids is 1. The van der Waals surface area contributed by atoms with Crippen LogP contribution in [0.2, 0.25) is 0 Å². The maximum absolute atomic E-state index is 12.9. The molecule has 0 saturated carbocycles. The van der Waals surface area contributed by atoms with Crippen molar-refractivity contribution in [2.75, 3.05) is 25.7 Å². The smallest absolute Gasteiger partial charge is 0.231 e. The molecule has 0 spiro atoms. The van der Waals surface area contributed by atoms with Crippen molar-refractivity contribution in [3.8, 4) is 11.5 Å². The molecule has 1 aliphatic heterocycles. The molecule has 0 aromatic heterocycles. The Labute approximate surface area is 143 Å². The highest BCUT2D eigenvalue weighted by Gasteiger charge is 2.24. The molecule has 1 amide bonds. The van der Waals surface area contributed by atoms with E-state index in [4.69, 9.17) is 9.47 Å². The second kappa shape index (κ2) is 6.95. The molecular formula is C20H23NO3. The second-order valence-electron chi connectivity index (χ2n) is 6.10. The number of methoxy groups -OCH3 is 2. The number of fused-ring (bicyclic) bond motifs is 1. The number of benzene rings is 2. The van der Waals surface area contributed by atoms with Gasteiger partial charge in [0.15, 0.2) is 11.5 Å². The lowest BCUT2D eigenvalue weighted by Gasteiger charge is -2.31. The zero-order valence-corrected chi connectivity index (χ0v) is 14.5. The van der Waals surface area contributed by atoms with Crippen LogP contribution in [0.1, 0.15) is 23.1 Å². The molecule has 2 aromatic rings. The Morgan fingerprint density at radius 3 is 2.67 bits per heavy atom. The number of amides is 1. The summed E-state index contributed by atoms with van der Waals surface area (Å²) in [6.45, 7) is 2.85. The van der Waals surface area contributed by atoms with Crippen LogP contribution in [0.25, 0.3) is 0 Å². The van der Waals surface area contributed by atoms with E-state index in [0.29, 0.717) is 17.9 Å². The van der Waals surface area contributed by atoms with Gasteiger partial charge in [0.25, 0.3) is 0 Å². The fourth-order valence-electron chi connectivity index (χ4n) is 3.36. The summed E-state index contributed by atoms with van der Waals surface area (Å²) < 4.78 is 10.6. The van der Waals surface area contributed by atoms with Crippen molar-refractivity contribution in [3.63, 3.8) is 0 Å². The standard InChI is InChI=1S/C20H23NO3/c1-14-6-4-7-16-8-5-11-21(20(14)16)19(22)13-15-9-10-17(23-2)18(12-15)24-3/h4,6-7,9-10,12H,5,8,11,13H2,1-3H3. The number of para-hydroxylation sites is 1. The van der Waals surface area contributed by atoms with E-state index in [1.165, 1.54) is 5.56 Å². The number of ether oxygens (including phenoxy) is 2. The average Bonchev–Trinajstić information content (AvgIpc) is 2.61. The first-order valence-corrected chi connectivity index (χ1v) is 8.24. The fraction of sp³-hybridized carbons (Fsp3) is 0.350. The minimum atomic E-state index is 0.123. The van der Waals surface area contributed by atoms with Crippen molar-refractivity contribution in [2.45, 2.75) is 26.2 Å². The molecule has 4 heteroatoms. The molecule has 0 N–H and O–H groups in total. The Balaban J connectivity index is 1.84. The van der Waals surface area contributed by atoms with Gasteiger partial charge in [-0.15, -0.1) is 0 Å². The average molecular weight is 325 g/mol. The first kappa shape index (κ1) is 16.4. The van der Waals surface area contributed by atoms with E-state index >= 15 is 0 Å². The summed E-state index contributed by atoms with van der Waals surface area (Å²) in [5.74, 6) is 1.45. The zero-order valence-electron chi connectivity index (χ0n) is 14.5. The summed E-state index contributed by atoms with van der Waals surface area (Å²) in [4.78, 5) is 14.8. The van der Waals surface area contributed by atoms with Crippen molar-refractivity contribution in [1.29, 1.82) is 0 Å². The van der Waals surface area contributed by atoms with Crippen LogP contribution in [0, 0.1) is 6.92 Å². The van der Waals surface area contributed by atoms with Gasteiger partial charge in [-0.2, -0.15) is 0 Å². The number of hydrogen-bond acceptors (Lipinski definition) is 3. The molecule has 24 heavy (non-hydrogen) atoms. The highest BCUT2D eigenvalue weighted by molar-refractivity contribution is 5.96. The van der Waals surface area contributed by atoms with Gasteiger partial charge < -0.3 is 14.4 Å². The Kier molecular flexibility index (Phi) is 4.74. The Morgan fingerprint density at radius 1 is 1.12 bits per heavy atom. The van der Waals surface area contributed by atoms with Gasteiger partial charge in [-0.1, -0.05) is 24.3 Å². The largest absolute Gasteiger partial charge is 0.493 e. The van der Waals surface area contributed by atoms with Gasteiger partial charge in [-0.25, -0.2) is 0 Å². The summed E-state index contributed by atoms with van der Waals surface area (Å²) >= 11 is 0. The maximum Gasteiger partial charge on any atom is 0.231 e. The van der Waals surface area contributed by atoms with Gasteiger partial charge in [0.1, 0.15) is 0 Å². The van der Waals surface area contributed by atoms with E-state index in [1.54, 1.807) is 14.2 Å². The quantitative estimate of drug-likeness (QED) is 0.863. The molecule has 0 saturated heterocycles. The topological polar surface area (TPSA) is 38.8 Å². The number of rotatable bonds is 4. The van der Waals surface area contributed by atoms with Crippen molar-refractivity contribution in [3.05, 3.63) is 53.1 Å². The third-order valence-corrected chi connectivity index (χ3v) is 4.52. The van der Waals surface area contributed by atoms with Crippen LogP contribution in [0.5, 0.6) is 11.5 Å². The normalized spacial score (nSPS) is 13.4. The molecule has 1 aliphatic rings. The number of aryl methyl sites for hydroxylation is 2. The van der Waals surface area contributed by atoms with Gasteiger partial charge in [0.2, 0.25) is 5.91 Å². The third-order valence-electron chi connectivity index (χ3n) is 4.52. The Bertz CT molecular complexity index is 755. The van der Waals surface area contributed by atoms with Crippen molar-refractivity contribution in [1.82, 2.24) is 0 Å². The van der Waals surface area contributed by atoms with E-state index in [9.17, 15) is 4.79 Å². The van der Waals surface area contributed by atoms with Gasteiger partial charge in [0.05, 0.1) is 20.6 Å². The van der Waals surface area contributed by atoms with Crippen molar-refractivity contribution < 1.29 is 14.3 Å². The zero-order chi connectivity index (χ0) is 17.1. The molecule has 126 valence electrons. The van der Waals surface area contributed by atoms with E-state index in [0.717, 1.165) is 36.2 Å². The lowest BCUT2D eigenvalue weighted by molar-refractivity contribution is -0.118. The molecule has 4 nitrogen and oxygen atoms in total. The van der Waals surface area contributed by atoms with Crippen LogP contribution >= 0.6 is 0 Å². The second-order valence-corrected chi connectivity index (χ2v) is 6.10. The molecule has 0 fully saturated rings. The molecule has 0 atom stereocenters. The van der Waals surface area contributed by atoms with E-state index in [2.05, 4.69) is 25.1 Å². The van der Waals surface area contributed by atoms with Crippen molar-refractivity contribution in [2.24, 2.45) is 0 Å². The SMILES string of the molecule is COc1ccc(CC(=O)N2CCCc3cccc(C)c32)cc1OC. The fourth-order valence-corrected chi connectivity index (χ4v) is 3.36. The molecule has 0 unspecified atom stereocenters. The first-order chi connectivity index (χ1) is 11.6. The lowest BCUT2D eigenvalue weighted by Crippen LogP contribution is -2.37.